The third-order valence-corrected chi connectivity index (χ3v) is 5.79. The molecule has 0 radical (unpaired) electrons. The van der Waals surface area contributed by atoms with Crippen LogP contribution in [0, 0.1) is 0 Å². The molecular formula is C21H21N5O3S2. The fraction of sp³-hybridized carbons (Fsp3) is 0.238. The SMILES string of the molecule is CSCc1nc2ccccc2n1CC(=O)Nc1nc(-c2ccc(CNC(C)=O)o2)cs1. The van der Waals surface area contributed by atoms with Gasteiger partial charge in [-0.2, -0.15) is 11.8 Å². The highest BCUT2D eigenvalue weighted by Crippen LogP contribution is 2.27. The average Bonchev–Trinajstić information content (AvgIpc) is 3.46. The van der Waals surface area contributed by atoms with Crippen LogP contribution in [-0.2, 0) is 28.4 Å². The molecule has 3 heterocycles. The van der Waals surface area contributed by atoms with Gasteiger partial charge < -0.3 is 19.6 Å². The predicted molar refractivity (Wildman–Crippen MR) is 123 cm³/mol. The first-order valence-electron chi connectivity index (χ1n) is 9.55. The lowest BCUT2D eigenvalue weighted by atomic mass is 10.3. The Morgan fingerprint density at radius 2 is 2.03 bits per heavy atom. The molecule has 0 bridgehead atoms. The zero-order valence-corrected chi connectivity index (χ0v) is 18.7. The van der Waals surface area contributed by atoms with Crippen LogP contribution in [0.1, 0.15) is 18.5 Å². The second-order valence-electron chi connectivity index (χ2n) is 6.80. The third kappa shape index (κ3) is 4.97. The molecule has 4 rings (SSSR count). The van der Waals surface area contributed by atoms with Crippen molar-refractivity contribution < 1.29 is 14.0 Å². The van der Waals surface area contributed by atoms with Gasteiger partial charge in [0.05, 0.1) is 23.3 Å². The van der Waals surface area contributed by atoms with E-state index in [9.17, 15) is 9.59 Å². The highest BCUT2D eigenvalue weighted by Gasteiger charge is 2.15. The summed E-state index contributed by atoms with van der Waals surface area (Å²) in [5, 5.41) is 7.87. The van der Waals surface area contributed by atoms with Gasteiger partial charge in [-0.25, -0.2) is 9.97 Å². The molecule has 10 heteroatoms. The maximum absolute atomic E-state index is 12.7. The van der Waals surface area contributed by atoms with Crippen molar-refractivity contribution in [1.29, 1.82) is 0 Å². The van der Waals surface area contributed by atoms with E-state index in [0.717, 1.165) is 22.6 Å². The molecule has 0 atom stereocenters. The fourth-order valence-electron chi connectivity index (χ4n) is 3.11. The molecule has 8 nitrogen and oxygen atoms in total. The number of para-hydroxylation sites is 2. The Kier molecular flexibility index (Phi) is 6.38. The molecule has 0 unspecified atom stereocenters. The minimum atomic E-state index is -0.169. The van der Waals surface area contributed by atoms with E-state index in [4.69, 9.17) is 4.42 Å². The molecule has 3 aromatic heterocycles. The molecule has 4 aromatic rings. The number of nitrogens with zero attached hydrogens (tertiary/aromatic N) is 3. The summed E-state index contributed by atoms with van der Waals surface area (Å²) in [6.45, 7) is 1.93. The topological polar surface area (TPSA) is 102 Å². The number of benzene rings is 1. The number of furan rings is 1. The number of carbonyl (C=O) groups is 2. The Labute approximate surface area is 187 Å². The van der Waals surface area contributed by atoms with E-state index < -0.39 is 0 Å². The van der Waals surface area contributed by atoms with Crippen LogP contribution in [0.25, 0.3) is 22.5 Å². The maximum Gasteiger partial charge on any atom is 0.246 e. The Bertz CT molecular complexity index is 1230. The molecule has 31 heavy (non-hydrogen) atoms. The molecule has 0 aliphatic carbocycles. The predicted octanol–water partition coefficient (Wildman–Crippen LogP) is 3.89. The van der Waals surface area contributed by atoms with Crippen molar-refractivity contribution in [2.24, 2.45) is 0 Å². The van der Waals surface area contributed by atoms with Crippen LogP contribution in [0.15, 0.2) is 46.2 Å². The summed E-state index contributed by atoms with van der Waals surface area (Å²) in [6.07, 6.45) is 2.01. The van der Waals surface area contributed by atoms with Crippen LogP contribution in [0.5, 0.6) is 0 Å². The van der Waals surface area contributed by atoms with E-state index in [1.54, 1.807) is 23.9 Å². The van der Waals surface area contributed by atoms with Gasteiger partial charge in [-0.1, -0.05) is 12.1 Å². The zero-order valence-electron chi connectivity index (χ0n) is 17.0. The molecule has 0 aliphatic rings. The number of hydrogen-bond acceptors (Lipinski definition) is 7. The van der Waals surface area contributed by atoms with Crippen molar-refractivity contribution in [2.45, 2.75) is 25.8 Å². The summed E-state index contributed by atoms with van der Waals surface area (Å²) >= 11 is 2.99. The Morgan fingerprint density at radius 3 is 2.84 bits per heavy atom. The Balaban J connectivity index is 1.45. The highest BCUT2D eigenvalue weighted by molar-refractivity contribution is 7.97. The van der Waals surface area contributed by atoms with Crippen LogP contribution in [0.3, 0.4) is 0 Å². The summed E-state index contributed by atoms with van der Waals surface area (Å²) in [7, 11) is 0. The number of fused-ring (bicyclic) bond motifs is 1. The van der Waals surface area contributed by atoms with Crippen molar-refractivity contribution in [3.05, 3.63) is 53.4 Å². The number of amides is 2. The number of thiazole rings is 1. The lowest BCUT2D eigenvalue weighted by molar-refractivity contribution is -0.119. The first-order valence-corrected chi connectivity index (χ1v) is 11.8. The molecule has 0 aliphatic heterocycles. The van der Waals surface area contributed by atoms with Crippen LogP contribution < -0.4 is 10.6 Å². The van der Waals surface area contributed by atoms with Crippen LogP contribution in [0.4, 0.5) is 5.13 Å². The van der Waals surface area contributed by atoms with Gasteiger partial charge in [0, 0.05) is 12.3 Å². The third-order valence-electron chi connectivity index (χ3n) is 4.48. The molecule has 0 saturated carbocycles. The molecule has 0 spiro atoms. The molecule has 0 fully saturated rings. The summed E-state index contributed by atoms with van der Waals surface area (Å²) in [6, 6.07) is 11.4. The van der Waals surface area contributed by atoms with Gasteiger partial charge in [0.2, 0.25) is 11.8 Å². The van der Waals surface area contributed by atoms with Crippen molar-refractivity contribution >= 4 is 51.1 Å². The van der Waals surface area contributed by atoms with E-state index in [1.807, 2.05) is 40.5 Å². The van der Waals surface area contributed by atoms with Crippen molar-refractivity contribution in [1.82, 2.24) is 19.9 Å². The number of imidazole rings is 1. The van der Waals surface area contributed by atoms with Crippen LogP contribution >= 0.6 is 23.1 Å². The van der Waals surface area contributed by atoms with E-state index >= 15 is 0 Å². The van der Waals surface area contributed by atoms with Gasteiger partial charge in [0.15, 0.2) is 10.9 Å². The Morgan fingerprint density at radius 1 is 1.19 bits per heavy atom. The lowest BCUT2D eigenvalue weighted by Gasteiger charge is -2.08. The van der Waals surface area contributed by atoms with E-state index in [2.05, 4.69) is 20.6 Å². The van der Waals surface area contributed by atoms with Gasteiger partial charge in [0.1, 0.15) is 23.8 Å². The van der Waals surface area contributed by atoms with E-state index in [-0.39, 0.29) is 18.4 Å². The first kappa shape index (κ1) is 21.1. The molecule has 0 saturated heterocycles. The summed E-state index contributed by atoms with van der Waals surface area (Å²) < 4.78 is 7.66. The zero-order chi connectivity index (χ0) is 21.8. The van der Waals surface area contributed by atoms with Gasteiger partial charge in [-0.05, 0) is 30.5 Å². The molecule has 160 valence electrons. The van der Waals surface area contributed by atoms with Crippen LogP contribution in [-0.4, -0.2) is 32.6 Å². The molecule has 2 amide bonds. The number of nitrogens with one attached hydrogen (secondary N) is 2. The molecular weight excluding hydrogens is 434 g/mol. The van der Waals surface area contributed by atoms with Crippen molar-refractivity contribution in [3.8, 4) is 11.5 Å². The standard InChI is InChI=1S/C21H21N5O3S2/c1-13(27)22-9-14-7-8-18(29-14)16-11-31-21(24-16)25-20(28)10-26-17-6-4-3-5-15(17)23-19(26)12-30-2/h3-8,11H,9-10,12H2,1-2H3,(H,22,27)(H,24,25,28). The number of aromatic nitrogens is 3. The lowest BCUT2D eigenvalue weighted by Crippen LogP contribution is -2.20. The molecule has 2 N–H and O–H groups in total. The summed E-state index contributed by atoms with van der Waals surface area (Å²) in [5.41, 5.74) is 2.44. The van der Waals surface area contributed by atoms with Crippen LogP contribution in [0.2, 0.25) is 0 Å². The first-order chi connectivity index (χ1) is 15.0. The number of hydrogen-bond donors (Lipinski definition) is 2. The van der Waals surface area contributed by atoms with Gasteiger partial charge in [-0.3, -0.25) is 9.59 Å². The highest BCUT2D eigenvalue weighted by atomic mass is 32.2. The van der Waals surface area contributed by atoms with Crippen molar-refractivity contribution in [2.75, 3.05) is 11.6 Å². The van der Waals surface area contributed by atoms with Gasteiger partial charge in [-0.15, -0.1) is 11.3 Å². The second kappa shape index (κ2) is 9.36. The average molecular weight is 456 g/mol. The van der Waals surface area contributed by atoms with Gasteiger partial charge >= 0.3 is 0 Å². The van der Waals surface area contributed by atoms with E-state index in [1.165, 1.54) is 18.3 Å². The normalized spacial score (nSPS) is 11.0. The quantitative estimate of drug-likeness (QED) is 0.418. The summed E-state index contributed by atoms with van der Waals surface area (Å²) in [4.78, 5) is 32.8. The number of anilines is 1. The number of thioether (sulfide) groups is 1. The number of carbonyl (C=O) groups excluding carboxylic acids is 2. The van der Waals surface area contributed by atoms with Crippen molar-refractivity contribution in [3.63, 3.8) is 0 Å². The monoisotopic (exact) mass is 455 g/mol. The fourth-order valence-corrected chi connectivity index (χ4v) is 4.30. The largest absolute Gasteiger partial charge is 0.458 e. The van der Waals surface area contributed by atoms with Gasteiger partial charge in [0.25, 0.3) is 0 Å². The Hall–Kier alpha value is -3.11. The number of rotatable bonds is 8. The summed E-state index contributed by atoms with van der Waals surface area (Å²) in [5.74, 6) is 2.52. The maximum atomic E-state index is 12.7. The van der Waals surface area contributed by atoms with E-state index in [0.29, 0.717) is 28.9 Å². The smallest absolute Gasteiger partial charge is 0.246 e. The minimum Gasteiger partial charge on any atom is -0.458 e. The second-order valence-corrected chi connectivity index (χ2v) is 8.52. The minimum absolute atomic E-state index is 0.122. The molecule has 1 aromatic carbocycles.